The second-order valence-electron chi connectivity index (χ2n) is 26.7. The zero-order valence-electron chi connectivity index (χ0n) is 59.1. The number of hydrogen-bond donors (Lipinski definition) is 15. The Morgan fingerprint density at radius 1 is 0.549 bits per heavy atom. The first-order valence-electron chi connectivity index (χ1n) is 34.3. The smallest absolute Gasteiger partial charge is 0.245 e. The largest absolute Gasteiger partial charge is 0.370 e. The number of sulfone groups is 1. The topological polar surface area (TPSA) is 553 Å². The van der Waals surface area contributed by atoms with Crippen LogP contribution in [0.15, 0.2) is 65.7 Å². The first-order valence-corrected chi connectivity index (χ1v) is 37.6. The number of thioether (sulfide) groups is 1. The van der Waals surface area contributed by atoms with E-state index in [1.54, 1.807) is 80.8 Å². The average molecular weight is 1470 g/mol. The van der Waals surface area contributed by atoms with Gasteiger partial charge in [0, 0.05) is 51.6 Å². The number of likely N-dealkylation sites (tertiary alicyclic amines) is 2. The van der Waals surface area contributed by atoms with E-state index in [1.807, 2.05) is 0 Å². The highest BCUT2D eigenvalue weighted by Crippen LogP contribution is 2.25. The Kier molecular flexibility index (Phi) is 35.0. The minimum absolute atomic E-state index is 0.00585. The van der Waals surface area contributed by atoms with Crippen LogP contribution in [0.4, 0.5) is 0 Å². The summed E-state index contributed by atoms with van der Waals surface area (Å²) in [6, 6.07) is 1.05. The van der Waals surface area contributed by atoms with E-state index in [4.69, 9.17) is 40.1 Å². The lowest BCUT2D eigenvalue weighted by molar-refractivity contribution is -0.144. The number of amides is 13. The van der Waals surface area contributed by atoms with Crippen LogP contribution in [0.5, 0.6) is 0 Å². The van der Waals surface area contributed by atoms with Crippen molar-refractivity contribution in [3.8, 4) is 0 Å². The van der Waals surface area contributed by atoms with E-state index >= 15 is 4.79 Å². The van der Waals surface area contributed by atoms with Crippen molar-refractivity contribution in [1.82, 2.24) is 52.3 Å². The van der Waals surface area contributed by atoms with Crippen molar-refractivity contribution < 1.29 is 70.7 Å². The molecule has 0 spiro atoms. The Labute approximate surface area is 600 Å². The summed E-state index contributed by atoms with van der Waals surface area (Å²) >= 11 is 1.40. The third-order valence-electron chi connectivity index (χ3n) is 17.8. The molecule has 11 atom stereocenters. The molecule has 2 saturated heterocycles. The average Bonchev–Trinajstić information content (AvgIpc) is 0.918. The lowest BCUT2D eigenvalue weighted by Gasteiger charge is -2.35. The molecule has 0 aromatic heterocycles. The van der Waals surface area contributed by atoms with Crippen LogP contribution in [0, 0.1) is 5.92 Å². The van der Waals surface area contributed by atoms with Crippen molar-refractivity contribution in [3.63, 3.8) is 0 Å². The Morgan fingerprint density at radius 3 is 1.45 bits per heavy atom. The summed E-state index contributed by atoms with van der Waals surface area (Å²) in [5.74, 6) is -11.3. The lowest BCUT2D eigenvalue weighted by atomic mass is 9.97. The molecule has 35 heteroatoms. The minimum atomic E-state index is -4.28. The molecule has 0 saturated carbocycles. The van der Waals surface area contributed by atoms with Crippen LogP contribution in [-0.2, 0) is 85.0 Å². The number of hydrogen-bond acceptors (Lipinski definition) is 19. The molecule has 2 aromatic rings. The molecule has 2 aliphatic rings. The van der Waals surface area contributed by atoms with Gasteiger partial charge in [0.15, 0.2) is 15.8 Å². The molecule has 0 aliphatic carbocycles. The van der Waals surface area contributed by atoms with Crippen molar-refractivity contribution in [1.29, 1.82) is 0 Å². The van der Waals surface area contributed by atoms with Gasteiger partial charge in [-0.3, -0.25) is 67.3 Å². The van der Waals surface area contributed by atoms with Crippen LogP contribution >= 0.6 is 11.8 Å². The number of nitrogens with two attached hydrogens (primary N) is 7. The van der Waals surface area contributed by atoms with Gasteiger partial charge in [0.05, 0.1) is 10.8 Å². The maximum atomic E-state index is 15.0. The van der Waals surface area contributed by atoms with Gasteiger partial charge in [-0.05, 0) is 133 Å². The number of carbonyl (C=O) groups is 13. The zero-order valence-corrected chi connectivity index (χ0v) is 60.7. The Bertz CT molecular complexity index is 3360. The number of aliphatic imine (C=N–C) groups is 1. The van der Waals surface area contributed by atoms with Crippen LogP contribution in [0.1, 0.15) is 135 Å². The SMILES string of the molecule is CSCC[C@H](NC(=O)[C@H](CC(C)C)NC(=O)[C@@H](NC(=O)[C@H](Cc1ccccc1)NC(=O)[C@H](Cc1ccccc1)NC(=O)[C@H](CCC(N)=O)NC(=O)[C@H](CCC(N)=O)NC(=O)[C@@H]1CCCN1C(=O)[C@H](CCCCN)NC(=O)[C@@H]1CCCN1C(=O)[C@@H](N)CCCN=C(N)N)C(C)(C)S(C)(=O)=O)C(N)=O. The third-order valence-corrected chi connectivity index (χ3v) is 20.6. The minimum Gasteiger partial charge on any atom is -0.370 e. The van der Waals surface area contributed by atoms with Crippen LogP contribution in [-0.4, -0.2) is 217 Å². The number of unbranched alkanes of at least 4 members (excludes halogenated alkanes) is 1. The second kappa shape index (κ2) is 41.8. The summed E-state index contributed by atoms with van der Waals surface area (Å²) in [6.45, 7) is 6.67. The molecule has 4 rings (SSSR count). The predicted molar refractivity (Wildman–Crippen MR) is 383 cm³/mol. The molecule has 33 nitrogen and oxygen atoms in total. The summed E-state index contributed by atoms with van der Waals surface area (Å²) in [5.41, 5.74) is 40.6. The monoisotopic (exact) mass is 1470 g/mol. The van der Waals surface area contributed by atoms with Crippen LogP contribution in [0.2, 0.25) is 0 Å². The summed E-state index contributed by atoms with van der Waals surface area (Å²) in [4.78, 5) is 188. The van der Waals surface area contributed by atoms with E-state index in [-0.39, 0.29) is 89.4 Å². The molecule has 2 fully saturated rings. The molecule has 2 heterocycles. The standard InChI is InChI=1S/C67H106N18O15S2/c1-39(2)36-47(58(91)76-43(55(72)88)30-35-101-5)82-63(96)54(67(3,4)102(6,99)100)83-60(93)49(38-41-20-11-8-12-21-41)81-59(92)48(37-40-18-9-7-10-19-40)80-57(90)44(26-28-52(70)86)77-56(89)45(27-29-53(71)87)78-61(94)51-25-17-34-85(51)65(98)46(23-13-14-31-68)79-62(95)50-24-16-33-84(50)64(97)42(69)22-15-32-75-66(73)74/h7-12,18-21,39,42-51,54H,13-17,22-38,68-69H2,1-6H3,(H2,70,86)(H2,71,87)(H2,72,88)(H,76,91)(H,77,89)(H,78,94)(H,79,95)(H,80,90)(H,81,92)(H,82,96)(H,83,93)(H4,73,74,75)/t42-,43-,44-,45-,46-,47-,48-,49-,50-,51-,54+/m0/s1. The number of rotatable bonds is 44. The molecular formula is C67H106N18O15S2. The number of nitrogens with one attached hydrogen (secondary N) is 8. The third kappa shape index (κ3) is 27.4. The molecule has 566 valence electrons. The van der Waals surface area contributed by atoms with E-state index in [0.29, 0.717) is 49.0 Å². The fourth-order valence-corrected chi connectivity index (χ4v) is 12.8. The number of primary amides is 3. The normalized spacial score (nSPS) is 17.1. The first kappa shape index (κ1) is 85.5. The second-order valence-corrected chi connectivity index (χ2v) is 30.2. The summed E-state index contributed by atoms with van der Waals surface area (Å²) < 4.78 is 25.1. The van der Waals surface area contributed by atoms with Crippen molar-refractivity contribution >= 4 is 104 Å². The van der Waals surface area contributed by atoms with Gasteiger partial charge in [0.1, 0.15) is 60.4 Å². The van der Waals surface area contributed by atoms with Gasteiger partial charge in [-0.25, -0.2) is 8.42 Å². The van der Waals surface area contributed by atoms with Gasteiger partial charge in [-0.1, -0.05) is 74.5 Å². The van der Waals surface area contributed by atoms with Crippen molar-refractivity contribution in [2.75, 3.05) is 44.4 Å². The van der Waals surface area contributed by atoms with Crippen LogP contribution in [0.3, 0.4) is 0 Å². The lowest BCUT2D eigenvalue weighted by Crippen LogP contribution is -2.65. The molecule has 2 aliphatic heterocycles. The summed E-state index contributed by atoms with van der Waals surface area (Å²) in [7, 11) is -4.28. The Morgan fingerprint density at radius 2 is 0.990 bits per heavy atom. The first-order chi connectivity index (χ1) is 48.1. The highest BCUT2D eigenvalue weighted by atomic mass is 32.2. The van der Waals surface area contributed by atoms with Gasteiger partial charge in [0.2, 0.25) is 76.8 Å². The van der Waals surface area contributed by atoms with Crippen LogP contribution in [0.25, 0.3) is 0 Å². The van der Waals surface area contributed by atoms with Crippen molar-refractivity contribution in [2.24, 2.45) is 51.0 Å². The Balaban J connectivity index is 1.66. The van der Waals surface area contributed by atoms with Crippen molar-refractivity contribution in [3.05, 3.63) is 71.8 Å². The van der Waals surface area contributed by atoms with Crippen molar-refractivity contribution in [2.45, 2.75) is 208 Å². The Hall–Kier alpha value is -8.96. The maximum Gasteiger partial charge on any atom is 0.245 e. The molecule has 13 amide bonds. The number of carbonyl (C=O) groups excluding carboxylic acids is 13. The fourth-order valence-electron chi connectivity index (χ4n) is 11.8. The van der Waals surface area contributed by atoms with Gasteiger partial charge < -0.3 is 92.5 Å². The zero-order chi connectivity index (χ0) is 76.0. The van der Waals surface area contributed by atoms with E-state index in [1.165, 1.54) is 35.4 Å². The highest BCUT2D eigenvalue weighted by Gasteiger charge is 2.47. The van der Waals surface area contributed by atoms with Gasteiger partial charge in [0.25, 0.3) is 0 Å². The number of benzene rings is 2. The van der Waals surface area contributed by atoms with E-state index in [2.05, 4.69) is 47.5 Å². The van der Waals surface area contributed by atoms with E-state index in [0.717, 1.165) is 6.26 Å². The number of nitrogens with zero attached hydrogens (tertiary/aromatic N) is 3. The van der Waals surface area contributed by atoms with E-state index in [9.17, 15) is 66.0 Å². The molecule has 0 radical (unpaired) electrons. The predicted octanol–water partition coefficient (Wildman–Crippen LogP) is -3.52. The fraction of sp³-hybridized carbons (Fsp3) is 0.612. The van der Waals surface area contributed by atoms with E-state index < -0.39 is 184 Å². The molecule has 0 unspecified atom stereocenters. The maximum absolute atomic E-state index is 15.0. The summed E-state index contributed by atoms with van der Waals surface area (Å²) in [5, 5.41) is 20.9. The molecule has 22 N–H and O–H groups in total. The number of guanidine groups is 1. The summed E-state index contributed by atoms with van der Waals surface area (Å²) in [6.07, 6.45) is 3.04. The quantitative estimate of drug-likeness (QED) is 0.0174. The van der Waals surface area contributed by atoms with Crippen LogP contribution < -0.4 is 82.7 Å². The highest BCUT2D eigenvalue weighted by molar-refractivity contribution is 7.98. The molecule has 2 aromatic carbocycles. The molecular weight excluding hydrogens is 1360 g/mol. The molecule has 102 heavy (non-hydrogen) atoms. The molecule has 0 bridgehead atoms. The van der Waals surface area contributed by atoms with Gasteiger partial charge >= 0.3 is 0 Å². The van der Waals surface area contributed by atoms with Gasteiger partial charge in [-0.2, -0.15) is 11.8 Å². The van der Waals surface area contributed by atoms with Gasteiger partial charge in [-0.15, -0.1) is 0 Å².